The van der Waals surface area contributed by atoms with E-state index in [1.54, 1.807) is 6.33 Å². The number of ether oxygens (including phenoxy) is 3. The Balaban J connectivity index is 1.25. The Morgan fingerprint density at radius 3 is 2.83 bits per heavy atom. The van der Waals surface area contributed by atoms with Gasteiger partial charge in [0.05, 0.1) is 12.9 Å². The molecule has 1 aromatic carbocycles. The van der Waals surface area contributed by atoms with Gasteiger partial charge in [-0.15, -0.1) is 0 Å². The highest BCUT2D eigenvalue weighted by molar-refractivity contribution is 6.28. The predicted octanol–water partition coefficient (Wildman–Crippen LogP) is 2.98. The summed E-state index contributed by atoms with van der Waals surface area (Å²) in [7, 11) is 0. The number of halogens is 1. The quantitative estimate of drug-likeness (QED) is 0.552. The summed E-state index contributed by atoms with van der Waals surface area (Å²) in [6.07, 6.45) is 3.21. The van der Waals surface area contributed by atoms with Crippen molar-refractivity contribution in [3.05, 3.63) is 47.0 Å². The third-order valence-corrected chi connectivity index (χ3v) is 8.24. The number of aromatic nitrogens is 4. The SMILES string of the molecule is CC1(C)OC2[C@@H](CO)O[C@@H](n3cnc4c(N5CCC6(CCc7ccccc76)C5)nc(Cl)nc43)[C@H]2O1. The van der Waals surface area contributed by atoms with E-state index in [0.29, 0.717) is 11.2 Å². The second kappa shape index (κ2) is 7.60. The number of aliphatic hydroxyl groups excluding tert-OH is 1. The standard InChI is InChI=1S/C25H28ClN5O4/c1-24(2)34-18-16(11-32)33-22(19(18)35-24)31-13-27-17-20(28-23(26)29-21(17)31)30-10-9-25(12-30)8-7-14-5-3-4-6-15(14)25/h3-6,13,16,18-19,22,32H,7-12H2,1-2H3/t16-,18?,19+,22-,25?/m1/s1. The minimum atomic E-state index is -0.763. The molecule has 184 valence electrons. The van der Waals surface area contributed by atoms with Crippen LogP contribution in [0.5, 0.6) is 0 Å². The van der Waals surface area contributed by atoms with Gasteiger partial charge in [0.15, 0.2) is 29.0 Å². The second-order valence-corrected chi connectivity index (χ2v) is 10.9. The molecule has 5 heterocycles. The molecule has 3 aromatic rings. The molecule has 3 fully saturated rings. The van der Waals surface area contributed by atoms with Crippen molar-refractivity contribution >= 4 is 28.6 Å². The van der Waals surface area contributed by atoms with E-state index >= 15 is 0 Å². The monoisotopic (exact) mass is 497 g/mol. The van der Waals surface area contributed by atoms with Gasteiger partial charge >= 0.3 is 0 Å². The van der Waals surface area contributed by atoms with E-state index in [-0.39, 0.29) is 23.4 Å². The van der Waals surface area contributed by atoms with E-state index in [4.69, 9.17) is 30.8 Å². The van der Waals surface area contributed by atoms with Crippen molar-refractivity contribution in [2.45, 2.75) is 68.9 Å². The van der Waals surface area contributed by atoms with Gasteiger partial charge in [-0.25, -0.2) is 4.98 Å². The first-order valence-electron chi connectivity index (χ1n) is 12.2. The molecule has 2 aromatic heterocycles. The zero-order chi connectivity index (χ0) is 23.9. The van der Waals surface area contributed by atoms with Crippen LogP contribution >= 0.6 is 11.6 Å². The minimum Gasteiger partial charge on any atom is -0.394 e. The summed E-state index contributed by atoms with van der Waals surface area (Å²) in [6, 6.07) is 8.79. The summed E-state index contributed by atoms with van der Waals surface area (Å²) in [5.41, 5.74) is 4.33. The van der Waals surface area contributed by atoms with E-state index < -0.39 is 24.2 Å². The van der Waals surface area contributed by atoms with Crippen molar-refractivity contribution in [1.82, 2.24) is 19.5 Å². The van der Waals surface area contributed by atoms with Crippen LogP contribution in [0.4, 0.5) is 5.82 Å². The van der Waals surface area contributed by atoms with Crippen molar-refractivity contribution in [3.63, 3.8) is 0 Å². The number of aliphatic hydroxyl groups is 1. The van der Waals surface area contributed by atoms with Gasteiger partial charge in [-0.1, -0.05) is 24.3 Å². The molecule has 3 saturated heterocycles. The van der Waals surface area contributed by atoms with Gasteiger partial charge in [0.25, 0.3) is 0 Å². The summed E-state index contributed by atoms with van der Waals surface area (Å²) in [5.74, 6) is -0.0161. The highest BCUT2D eigenvalue weighted by Crippen LogP contribution is 2.47. The van der Waals surface area contributed by atoms with Gasteiger partial charge in [0, 0.05) is 18.5 Å². The molecule has 4 aliphatic rings. The number of fused-ring (bicyclic) bond motifs is 4. The molecule has 3 aliphatic heterocycles. The molecule has 0 amide bonds. The van der Waals surface area contributed by atoms with E-state index in [1.807, 2.05) is 18.4 Å². The maximum Gasteiger partial charge on any atom is 0.226 e. The molecular formula is C25H28ClN5O4. The number of hydrogen-bond acceptors (Lipinski definition) is 8. The minimum absolute atomic E-state index is 0.139. The van der Waals surface area contributed by atoms with Gasteiger partial charge in [0.1, 0.15) is 18.3 Å². The van der Waals surface area contributed by atoms with E-state index in [0.717, 1.165) is 38.2 Å². The Labute approximate surface area is 208 Å². The largest absolute Gasteiger partial charge is 0.394 e. The molecule has 0 bridgehead atoms. The summed E-state index contributed by atoms with van der Waals surface area (Å²) in [4.78, 5) is 16.2. The first-order chi connectivity index (χ1) is 16.9. The Kier molecular flexibility index (Phi) is 4.76. The topological polar surface area (TPSA) is 94.8 Å². The molecule has 1 spiro atoms. The summed E-state index contributed by atoms with van der Waals surface area (Å²) in [6.45, 7) is 5.32. The van der Waals surface area contributed by atoms with Gasteiger partial charge in [-0.05, 0) is 55.8 Å². The fourth-order valence-electron chi connectivity index (χ4n) is 6.55. The molecule has 9 nitrogen and oxygen atoms in total. The lowest BCUT2D eigenvalue weighted by molar-refractivity contribution is -0.199. The Bertz CT molecular complexity index is 1310. The summed E-state index contributed by atoms with van der Waals surface area (Å²) in [5, 5.41) is 10.0. The number of nitrogens with zero attached hydrogens (tertiary/aromatic N) is 5. The van der Waals surface area contributed by atoms with Gasteiger partial charge in [0.2, 0.25) is 5.28 Å². The van der Waals surface area contributed by atoms with Gasteiger partial charge in [-0.2, -0.15) is 9.97 Å². The van der Waals surface area contributed by atoms with Crippen molar-refractivity contribution in [1.29, 1.82) is 0 Å². The number of imidazole rings is 1. The Morgan fingerprint density at radius 2 is 1.97 bits per heavy atom. The zero-order valence-corrected chi connectivity index (χ0v) is 20.5. The highest BCUT2D eigenvalue weighted by atomic mass is 35.5. The van der Waals surface area contributed by atoms with E-state index in [1.165, 1.54) is 11.1 Å². The maximum atomic E-state index is 9.88. The second-order valence-electron chi connectivity index (χ2n) is 10.6. The molecule has 1 aliphatic carbocycles. The number of rotatable bonds is 3. The average molecular weight is 498 g/mol. The molecule has 1 N–H and O–H groups in total. The fraction of sp³-hybridized carbons (Fsp3) is 0.560. The van der Waals surface area contributed by atoms with Crippen molar-refractivity contribution in [3.8, 4) is 0 Å². The Hall–Kier alpha value is -2.30. The summed E-state index contributed by atoms with van der Waals surface area (Å²) < 4.78 is 20.2. The molecule has 2 unspecified atom stereocenters. The van der Waals surface area contributed by atoms with Crippen LogP contribution in [0.15, 0.2) is 30.6 Å². The normalized spacial score (nSPS) is 33.2. The fourth-order valence-corrected chi connectivity index (χ4v) is 6.71. The first-order valence-corrected chi connectivity index (χ1v) is 12.6. The zero-order valence-electron chi connectivity index (χ0n) is 19.7. The van der Waals surface area contributed by atoms with Gasteiger partial charge < -0.3 is 24.2 Å². The van der Waals surface area contributed by atoms with Crippen molar-refractivity contribution < 1.29 is 19.3 Å². The molecule has 0 saturated carbocycles. The summed E-state index contributed by atoms with van der Waals surface area (Å²) >= 11 is 6.46. The van der Waals surface area contributed by atoms with Crippen LogP contribution in [0, 0.1) is 0 Å². The number of anilines is 1. The molecule has 0 radical (unpaired) electrons. The molecule has 5 atom stereocenters. The number of aryl methyl sites for hydroxylation is 1. The Morgan fingerprint density at radius 1 is 1.14 bits per heavy atom. The molecule has 10 heteroatoms. The van der Waals surface area contributed by atoms with Crippen LogP contribution in [0.2, 0.25) is 5.28 Å². The maximum absolute atomic E-state index is 9.88. The molecule has 35 heavy (non-hydrogen) atoms. The lowest BCUT2D eigenvalue weighted by Gasteiger charge is -2.26. The molecule has 7 rings (SSSR count). The van der Waals surface area contributed by atoms with Crippen LogP contribution < -0.4 is 4.90 Å². The predicted molar refractivity (Wildman–Crippen MR) is 128 cm³/mol. The average Bonchev–Trinajstić information content (AvgIpc) is 3.63. The van der Waals surface area contributed by atoms with Gasteiger partial charge in [-0.3, -0.25) is 4.57 Å². The highest BCUT2D eigenvalue weighted by Gasteiger charge is 2.56. The lowest BCUT2D eigenvalue weighted by Crippen LogP contribution is -2.31. The van der Waals surface area contributed by atoms with E-state index in [9.17, 15) is 5.11 Å². The van der Waals surface area contributed by atoms with Crippen LogP contribution in [0.25, 0.3) is 11.2 Å². The van der Waals surface area contributed by atoms with Crippen LogP contribution in [0.1, 0.15) is 44.0 Å². The first kappa shape index (κ1) is 21.9. The smallest absolute Gasteiger partial charge is 0.226 e. The van der Waals surface area contributed by atoms with Crippen LogP contribution in [-0.4, -0.2) is 68.4 Å². The van der Waals surface area contributed by atoms with Crippen molar-refractivity contribution in [2.24, 2.45) is 0 Å². The van der Waals surface area contributed by atoms with E-state index in [2.05, 4.69) is 39.1 Å². The van der Waals surface area contributed by atoms with Crippen LogP contribution in [0.3, 0.4) is 0 Å². The molecular weight excluding hydrogens is 470 g/mol. The number of benzene rings is 1. The third kappa shape index (κ3) is 3.25. The van der Waals surface area contributed by atoms with Crippen LogP contribution in [-0.2, 0) is 26.0 Å². The van der Waals surface area contributed by atoms with Crippen molar-refractivity contribution in [2.75, 3.05) is 24.6 Å². The third-order valence-electron chi connectivity index (χ3n) is 8.07. The lowest BCUT2D eigenvalue weighted by atomic mass is 9.81. The number of hydrogen-bond donors (Lipinski definition) is 1.